The average molecular weight is 321 g/mol. The van der Waals surface area contributed by atoms with Gasteiger partial charge in [0.25, 0.3) is 0 Å². The number of carbonyl (C=O) groups is 1. The van der Waals surface area contributed by atoms with E-state index in [1.807, 2.05) is 55.5 Å². The second-order valence-electron chi connectivity index (χ2n) is 3.98. The summed E-state index contributed by atoms with van der Waals surface area (Å²) in [5.74, 6) is 0.660. The quantitative estimate of drug-likeness (QED) is 0.598. The summed E-state index contributed by atoms with van der Waals surface area (Å²) in [5, 5.41) is 0. The average Bonchev–Trinajstić information content (AvgIpc) is 2.38. The Bertz CT molecular complexity index is 549. The molecule has 2 aromatic carbocycles. The highest BCUT2D eigenvalue weighted by Crippen LogP contribution is 2.22. The summed E-state index contributed by atoms with van der Waals surface area (Å²) in [7, 11) is 0. The molecule has 0 saturated carbocycles. The number of halogens is 1. The van der Waals surface area contributed by atoms with Gasteiger partial charge in [-0.15, -0.1) is 11.8 Å². The third-order valence-corrected chi connectivity index (χ3v) is 4.17. The van der Waals surface area contributed by atoms with Crippen molar-refractivity contribution in [2.75, 3.05) is 5.75 Å². The summed E-state index contributed by atoms with van der Waals surface area (Å²) in [6.45, 7) is 1.97. The maximum atomic E-state index is 12.1. The van der Waals surface area contributed by atoms with Gasteiger partial charge >= 0.3 is 0 Å². The fraction of sp³-hybridized carbons (Fsp3) is 0.133. The van der Waals surface area contributed by atoms with Gasteiger partial charge in [0.05, 0.1) is 5.75 Å². The Kier molecular flexibility index (Phi) is 4.61. The van der Waals surface area contributed by atoms with Crippen LogP contribution in [0.2, 0.25) is 0 Å². The highest BCUT2D eigenvalue weighted by Gasteiger charge is 2.08. The maximum absolute atomic E-state index is 12.1. The van der Waals surface area contributed by atoms with E-state index in [1.54, 1.807) is 11.8 Å². The van der Waals surface area contributed by atoms with E-state index in [4.69, 9.17) is 0 Å². The van der Waals surface area contributed by atoms with Crippen molar-refractivity contribution in [3.05, 3.63) is 64.1 Å². The Morgan fingerprint density at radius 2 is 1.78 bits per heavy atom. The molecule has 2 rings (SSSR count). The molecular weight excluding hydrogens is 308 g/mol. The van der Waals surface area contributed by atoms with Crippen LogP contribution in [0.3, 0.4) is 0 Å². The minimum atomic E-state index is 0.181. The van der Waals surface area contributed by atoms with Gasteiger partial charge in [-0.2, -0.15) is 0 Å². The van der Waals surface area contributed by atoms with Crippen LogP contribution < -0.4 is 0 Å². The van der Waals surface area contributed by atoms with Crippen molar-refractivity contribution >= 4 is 33.5 Å². The molecule has 0 amide bonds. The monoisotopic (exact) mass is 320 g/mol. The van der Waals surface area contributed by atoms with Crippen molar-refractivity contribution in [1.82, 2.24) is 0 Å². The van der Waals surface area contributed by atoms with Crippen molar-refractivity contribution in [2.45, 2.75) is 11.8 Å². The first-order chi connectivity index (χ1) is 8.66. The molecule has 0 aliphatic rings. The molecule has 0 aromatic heterocycles. The van der Waals surface area contributed by atoms with Crippen molar-refractivity contribution < 1.29 is 4.79 Å². The molecule has 1 nitrogen and oxygen atoms in total. The van der Waals surface area contributed by atoms with Crippen molar-refractivity contribution in [3.63, 3.8) is 0 Å². The molecular formula is C15H13BrOS. The lowest BCUT2D eigenvalue weighted by Crippen LogP contribution is -2.04. The van der Waals surface area contributed by atoms with Crippen LogP contribution in [0, 0.1) is 6.92 Å². The Morgan fingerprint density at radius 3 is 2.44 bits per heavy atom. The standard InChI is InChI=1S/C15H13BrOS/c1-11-4-2-3-5-14(11)15(17)10-18-13-8-6-12(16)7-9-13/h2-9H,10H2,1H3. The molecule has 0 saturated heterocycles. The van der Waals surface area contributed by atoms with Gasteiger partial charge < -0.3 is 0 Å². The third kappa shape index (κ3) is 3.47. The van der Waals surface area contributed by atoms with Gasteiger partial charge in [0.1, 0.15) is 0 Å². The van der Waals surface area contributed by atoms with Crippen LogP contribution in [0.5, 0.6) is 0 Å². The van der Waals surface area contributed by atoms with E-state index in [0.717, 1.165) is 20.5 Å². The Hall–Kier alpha value is -1.06. The smallest absolute Gasteiger partial charge is 0.173 e. The highest BCUT2D eigenvalue weighted by molar-refractivity contribution is 9.10. The predicted molar refractivity (Wildman–Crippen MR) is 80.4 cm³/mol. The zero-order valence-corrected chi connectivity index (χ0v) is 12.4. The molecule has 0 radical (unpaired) electrons. The maximum Gasteiger partial charge on any atom is 0.173 e. The number of hydrogen-bond acceptors (Lipinski definition) is 2. The molecule has 92 valence electrons. The van der Waals surface area contributed by atoms with Crippen LogP contribution in [0.1, 0.15) is 15.9 Å². The number of Topliss-reactive ketones (excluding diaryl/α,β-unsaturated/α-hetero) is 1. The first kappa shape index (κ1) is 13.4. The molecule has 0 N–H and O–H groups in total. The second-order valence-corrected chi connectivity index (χ2v) is 5.95. The molecule has 0 atom stereocenters. The summed E-state index contributed by atoms with van der Waals surface area (Å²) in [6, 6.07) is 15.7. The largest absolute Gasteiger partial charge is 0.293 e. The summed E-state index contributed by atoms with van der Waals surface area (Å²) in [5.41, 5.74) is 1.86. The van der Waals surface area contributed by atoms with E-state index in [9.17, 15) is 4.79 Å². The summed E-state index contributed by atoms with van der Waals surface area (Å²) in [6.07, 6.45) is 0. The Balaban J connectivity index is 2.01. The lowest BCUT2D eigenvalue weighted by atomic mass is 10.1. The van der Waals surface area contributed by atoms with Crippen LogP contribution >= 0.6 is 27.7 Å². The van der Waals surface area contributed by atoms with E-state index in [2.05, 4.69) is 15.9 Å². The van der Waals surface area contributed by atoms with Crippen LogP contribution in [0.4, 0.5) is 0 Å². The fourth-order valence-corrected chi connectivity index (χ4v) is 2.69. The minimum Gasteiger partial charge on any atom is -0.293 e. The topological polar surface area (TPSA) is 17.1 Å². The summed E-state index contributed by atoms with van der Waals surface area (Å²) < 4.78 is 1.05. The van der Waals surface area contributed by atoms with Gasteiger partial charge in [0, 0.05) is 14.9 Å². The van der Waals surface area contributed by atoms with E-state index >= 15 is 0 Å². The van der Waals surface area contributed by atoms with Crippen molar-refractivity contribution in [3.8, 4) is 0 Å². The third-order valence-electron chi connectivity index (χ3n) is 2.63. The number of benzene rings is 2. The predicted octanol–water partition coefficient (Wildman–Crippen LogP) is 4.73. The fourth-order valence-electron chi connectivity index (χ4n) is 1.64. The van der Waals surface area contributed by atoms with Crippen LogP contribution in [0.15, 0.2) is 57.9 Å². The molecule has 18 heavy (non-hydrogen) atoms. The lowest BCUT2D eigenvalue weighted by molar-refractivity contribution is 0.102. The van der Waals surface area contributed by atoms with E-state index < -0.39 is 0 Å². The first-order valence-corrected chi connectivity index (χ1v) is 7.42. The molecule has 0 unspecified atom stereocenters. The van der Waals surface area contributed by atoms with Gasteiger partial charge in [0.15, 0.2) is 5.78 Å². The molecule has 0 aliphatic carbocycles. The molecule has 0 bridgehead atoms. The molecule has 0 spiro atoms. The van der Waals surface area contributed by atoms with Crippen LogP contribution in [0.25, 0.3) is 0 Å². The Labute approximate surface area is 120 Å². The first-order valence-electron chi connectivity index (χ1n) is 5.64. The second kappa shape index (κ2) is 6.21. The Morgan fingerprint density at radius 1 is 1.11 bits per heavy atom. The normalized spacial score (nSPS) is 10.3. The van der Waals surface area contributed by atoms with Gasteiger partial charge in [-0.1, -0.05) is 40.2 Å². The SMILES string of the molecule is Cc1ccccc1C(=O)CSc1ccc(Br)cc1. The zero-order valence-electron chi connectivity index (χ0n) is 10.0. The molecule has 3 heteroatoms. The van der Waals surface area contributed by atoms with Gasteiger partial charge in [-0.25, -0.2) is 0 Å². The van der Waals surface area contributed by atoms with Crippen molar-refractivity contribution in [2.24, 2.45) is 0 Å². The molecule has 0 heterocycles. The number of thioether (sulfide) groups is 1. The number of rotatable bonds is 4. The highest BCUT2D eigenvalue weighted by atomic mass is 79.9. The minimum absolute atomic E-state index is 0.181. The zero-order chi connectivity index (χ0) is 13.0. The summed E-state index contributed by atoms with van der Waals surface area (Å²) >= 11 is 4.97. The molecule has 2 aromatic rings. The van der Waals surface area contributed by atoms with Gasteiger partial charge in [0.2, 0.25) is 0 Å². The molecule has 0 aliphatic heterocycles. The summed E-state index contributed by atoms with van der Waals surface area (Å²) in [4.78, 5) is 13.2. The van der Waals surface area contributed by atoms with E-state index in [-0.39, 0.29) is 5.78 Å². The van der Waals surface area contributed by atoms with E-state index in [0.29, 0.717) is 5.75 Å². The number of ketones is 1. The lowest BCUT2D eigenvalue weighted by Gasteiger charge is -2.04. The number of hydrogen-bond donors (Lipinski definition) is 0. The van der Waals surface area contributed by atoms with Crippen LogP contribution in [-0.2, 0) is 0 Å². The van der Waals surface area contributed by atoms with Crippen molar-refractivity contribution in [1.29, 1.82) is 0 Å². The van der Waals surface area contributed by atoms with E-state index in [1.165, 1.54) is 0 Å². The number of aryl methyl sites for hydroxylation is 1. The number of carbonyl (C=O) groups excluding carboxylic acids is 1. The van der Waals surface area contributed by atoms with Crippen LogP contribution in [-0.4, -0.2) is 11.5 Å². The molecule has 0 fully saturated rings. The van der Waals surface area contributed by atoms with Gasteiger partial charge in [-0.05, 0) is 36.8 Å². The van der Waals surface area contributed by atoms with Gasteiger partial charge in [-0.3, -0.25) is 4.79 Å².